The Kier molecular flexibility index (Phi) is 5.46. The maximum atomic E-state index is 12.6. The number of amides is 1. The molecule has 1 fully saturated rings. The molecule has 1 aliphatic rings. The first kappa shape index (κ1) is 18.4. The highest BCUT2D eigenvalue weighted by molar-refractivity contribution is 7.09. The molecule has 25 heavy (non-hydrogen) atoms. The van der Waals surface area contributed by atoms with Crippen LogP contribution in [0.1, 0.15) is 41.8 Å². The molecule has 1 aromatic heterocycles. The zero-order chi connectivity index (χ0) is 18.0. The third kappa shape index (κ3) is 4.60. The van der Waals surface area contributed by atoms with Gasteiger partial charge in [-0.1, -0.05) is 38.4 Å². The number of hydrogen-bond donors (Lipinski definition) is 0. The van der Waals surface area contributed by atoms with Gasteiger partial charge in [-0.3, -0.25) is 9.69 Å². The van der Waals surface area contributed by atoms with Gasteiger partial charge >= 0.3 is 0 Å². The van der Waals surface area contributed by atoms with Gasteiger partial charge in [0.15, 0.2) is 0 Å². The van der Waals surface area contributed by atoms with Gasteiger partial charge < -0.3 is 4.90 Å². The van der Waals surface area contributed by atoms with E-state index in [-0.39, 0.29) is 11.3 Å². The number of aromatic nitrogens is 1. The minimum absolute atomic E-state index is 0.0610. The van der Waals surface area contributed by atoms with Crippen LogP contribution >= 0.6 is 22.9 Å². The molecule has 2 aromatic rings. The van der Waals surface area contributed by atoms with Crippen molar-refractivity contribution in [3.63, 3.8) is 0 Å². The largest absolute Gasteiger partial charge is 0.336 e. The molecule has 3 rings (SSSR count). The van der Waals surface area contributed by atoms with E-state index in [4.69, 9.17) is 16.6 Å². The molecule has 1 aliphatic heterocycles. The van der Waals surface area contributed by atoms with Gasteiger partial charge in [-0.2, -0.15) is 0 Å². The van der Waals surface area contributed by atoms with Crippen LogP contribution in [0.3, 0.4) is 0 Å². The molecule has 0 spiro atoms. The van der Waals surface area contributed by atoms with Gasteiger partial charge in [-0.15, -0.1) is 11.3 Å². The number of rotatable bonds is 3. The minimum Gasteiger partial charge on any atom is -0.336 e. The Morgan fingerprint density at radius 1 is 1.24 bits per heavy atom. The van der Waals surface area contributed by atoms with Crippen molar-refractivity contribution in [1.29, 1.82) is 0 Å². The number of piperazine rings is 1. The Bertz CT molecular complexity index is 745. The van der Waals surface area contributed by atoms with Crippen molar-refractivity contribution in [3.8, 4) is 0 Å². The van der Waals surface area contributed by atoms with Gasteiger partial charge in [0, 0.05) is 54.1 Å². The van der Waals surface area contributed by atoms with Crippen molar-refractivity contribution in [2.45, 2.75) is 32.7 Å². The first-order valence-electron chi connectivity index (χ1n) is 8.55. The van der Waals surface area contributed by atoms with E-state index < -0.39 is 0 Å². The van der Waals surface area contributed by atoms with Crippen molar-refractivity contribution in [2.75, 3.05) is 26.2 Å². The Morgan fingerprint density at radius 3 is 2.56 bits per heavy atom. The van der Waals surface area contributed by atoms with E-state index in [1.807, 2.05) is 17.0 Å². The van der Waals surface area contributed by atoms with E-state index in [1.165, 1.54) is 5.01 Å². The van der Waals surface area contributed by atoms with Crippen LogP contribution in [-0.4, -0.2) is 46.9 Å². The van der Waals surface area contributed by atoms with Crippen LogP contribution in [0, 0.1) is 0 Å². The van der Waals surface area contributed by atoms with Gasteiger partial charge in [0.25, 0.3) is 5.91 Å². The zero-order valence-electron chi connectivity index (χ0n) is 15.0. The van der Waals surface area contributed by atoms with Gasteiger partial charge in [0.1, 0.15) is 0 Å². The first-order chi connectivity index (χ1) is 11.8. The Hall–Kier alpha value is -1.43. The lowest BCUT2D eigenvalue weighted by atomic mass is 9.98. The first-order valence-corrected chi connectivity index (χ1v) is 9.81. The average Bonchev–Trinajstić information content (AvgIpc) is 3.04. The molecule has 0 atom stereocenters. The summed E-state index contributed by atoms with van der Waals surface area (Å²) in [6.45, 7) is 10.6. The maximum absolute atomic E-state index is 12.6. The summed E-state index contributed by atoms with van der Waals surface area (Å²) in [6, 6.07) is 7.17. The van der Waals surface area contributed by atoms with E-state index in [9.17, 15) is 4.79 Å². The van der Waals surface area contributed by atoms with Crippen molar-refractivity contribution in [1.82, 2.24) is 14.8 Å². The molecule has 134 valence electrons. The number of benzene rings is 1. The highest BCUT2D eigenvalue weighted by Gasteiger charge is 2.23. The summed E-state index contributed by atoms with van der Waals surface area (Å²) in [5.41, 5.74) is 1.89. The lowest BCUT2D eigenvalue weighted by molar-refractivity contribution is 0.0627. The molecular formula is C19H24ClN3OS. The van der Waals surface area contributed by atoms with Gasteiger partial charge in [0.05, 0.1) is 10.7 Å². The second kappa shape index (κ2) is 7.44. The predicted molar refractivity (Wildman–Crippen MR) is 103 cm³/mol. The van der Waals surface area contributed by atoms with Crippen molar-refractivity contribution in [3.05, 3.63) is 50.9 Å². The van der Waals surface area contributed by atoms with E-state index in [0.29, 0.717) is 10.6 Å². The second-order valence-corrected chi connectivity index (χ2v) is 8.77. The van der Waals surface area contributed by atoms with Gasteiger partial charge in [0.2, 0.25) is 0 Å². The lowest BCUT2D eigenvalue weighted by Gasteiger charge is -2.34. The molecule has 0 N–H and O–H groups in total. The summed E-state index contributed by atoms with van der Waals surface area (Å²) >= 11 is 7.72. The van der Waals surface area contributed by atoms with E-state index in [2.05, 4.69) is 31.1 Å². The van der Waals surface area contributed by atoms with E-state index in [1.54, 1.807) is 23.5 Å². The Labute approximate surface area is 158 Å². The van der Waals surface area contributed by atoms with Crippen LogP contribution < -0.4 is 0 Å². The standard InChI is InChI=1S/C19H24ClN3OS/c1-19(2,3)18-21-16(13-25-18)12-22-7-9-23(10-8-22)17(24)14-5-4-6-15(20)11-14/h4-6,11,13H,7-10,12H2,1-3H3. The van der Waals surface area contributed by atoms with Crippen molar-refractivity contribution >= 4 is 28.8 Å². The van der Waals surface area contributed by atoms with Crippen LogP contribution in [0.25, 0.3) is 0 Å². The molecule has 0 radical (unpaired) electrons. The van der Waals surface area contributed by atoms with Gasteiger partial charge in [-0.25, -0.2) is 4.98 Å². The van der Waals surface area contributed by atoms with Crippen LogP contribution in [0.5, 0.6) is 0 Å². The Balaban J connectivity index is 1.55. The molecule has 6 heteroatoms. The summed E-state index contributed by atoms with van der Waals surface area (Å²) in [7, 11) is 0. The Morgan fingerprint density at radius 2 is 1.96 bits per heavy atom. The molecule has 1 aromatic carbocycles. The van der Waals surface area contributed by atoms with Crippen molar-refractivity contribution < 1.29 is 4.79 Å². The summed E-state index contributed by atoms with van der Waals surface area (Å²) in [5.74, 6) is 0.0610. The number of carbonyl (C=O) groups is 1. The third-order valence-corrected chi connectivity index (χ3v) is 5.86. The van der Waals surface area contributed by atoms with E-state index >= 15 is 0 Å². The molecule has 1 saturated heterocycles. The molecule has 0 bridgehead atoms. The summed E-state index contributed by atoms with van der Waals surface area (Å²) in [5, 5.41) is 3.93. The molecule has 2 heterocycles. The number of hydrogen-bond acceptors (Lipinski definition) is 4. The zero-order valence-corrected chi connectivity index (χ0v) is 16.5. The average molecular weight is 378 g/mol. The number of carbonyl (C=O) groups excluding carboxylic acids is 1. The van der Waals surface area contributed by atoms with Crippen LogP contribution in [0.2, 0.25) is 5.02 Å². The SMILES string of the molecule is CC(C)(C)c1nc(CN2CCN(C(=O)c3cccc(Cl)c3)CC2)cs1. The van der Waals surface area contributed by atoms with Crippen LogP contribution in [0.4, 0.5) is 0 Å². The maximum Gasteiger partial charge on any atom is 0.253 e. The number of thiazole rings is 1. The summed E-state index contributed by atoms with van der Waals surface area (Å²) in [6.07, 6.45) is 0. The van der Waals surface area contributed by atoms with E-state index in [0.717, 1.165) is 38.4 Å². The number of nitrogens with zero attached hydrogens (tertiary/aromatic N) is 3. The fourth-order valence-corrected chi connectivity index (χ4v) is 3.96. The normalized spacial score (nSPS) is 16.2. The smallest absolute Gasteiger partial charge is 0.253 e. The molecular weight excluding hydrogens is 354 g/mol. The predicted octanol–water partition coefficient (Wildman–Crippen LogP) is 4.05. The monoisotopic (exact) mass is 377 g/mol. The fourth-order valence-electron chi connectivity index (χ4n) is 2.87. The highest BCUT2D eigenvalue weighted by Crippen LogP contribution is 2.26. The van der Waals surface area contributed by atoms with Crippen molar-refractivity contribution in [2.24, 2.45) is 0 Å². The fraction of sp³-hybridized carbons (Fsp3) is 0.474. The minimum atomic E-state index is 0.0610. The number of halogens is 1. The molecule has 0 unspecified atom stereocenters. The third-order valence-electron chi connectivity index (χ3n) is 4.31. The highest BCUT2D eigenvalue weighted by atomic mass is 35.5. The van der Waals surface area contributed by atoms with Gasteiger partial charge in [-0.05, 0) is 18.2 Å². The summed E-state index contributed by atoms with van der Waals surface area (Å²) < 4.78 is 0. The molecule has 0 aliphatic carbocycles. The quantitative estimate of drug-likeness (QED) is 0.809. The second-order valence-electron chi connectivity index (χ2n) is 7.47. The van der Waals surface area contributed by atoms with Crippen LogP contribution in [-0.2, 0) is 12.0 Å². The lowest BCUT2D eigenvalue weighted by Crippen LogP contribution is -2.48. The molecule has 1 amide bonds. The topological polar surface area (TPSA) is 36.4 Å². The molecule has 4 nitrogen and oxygen atoms in total. The van der Waals surface area contributed by atoms with Crippen LogP contribution in [0.15, 0.2) is 29.6 Å². The summed E-state index contributed by atoms with van der Waals surface area (Å²) in [4.78, 5) is 21.6. The molecule has 0 saturated carbocycles.